The summed E-state index contributed by atoms with van der Waals surface area (Å²) in [7, 11) is 0. The molecule has 0 radical (unpaired) electrons. The van der Waals surface area contributed by atoms with Crippen LogP contribution in [0.5, 0.6) is 0 Å². The van der Waals surface area contributed by atoms with Gasteiger partial charge in [0.15, 0.2) is 0 Å². The van der Waals surface area contributed by atoms with E-state index in [9.17, 15) is 0 Å². The fourth-order valence-electron chi connectivity index (χ4n) is 3.15. The molecule has 3 aliphatic rings. The topological polar surface area (TPSA) is 18.5 Å². The highest BCUT2D eigenvalue weighted by atomic mass is 15.3. The minimum atomic E-state index is 0.879. The maximum Gasteiger partial charge on any atom is 0.0120 e. The van der Waals surface area contributed by atoms with Crippen LogP contribution in [-0.2, 0) is 0 Å². The summed E-state index contributed by atoms with van der Waals surface area (Å²) in [5, 5.41) is 3.46. The summed E-state index contributed by atoms with van der Waals surface area (Å²) in [6, 6.07) is 0.879. The second kappa shape index (κ2) is 5.03. The lowest BCUT2D eigenvalue weighted by Gasteiger charge is -2.41. The molecule has 0 amide bonds. The second-order valence-electron chi connectivity index (χ2n) is 5.76. The normalized spacial score (nSPS) is 30.8. The van der Waals surface area contributed by atoms with Crippen molar-refractivity contribution in [2.45, 2.75) is 31.7 Å². The van der Waals surface area contributed by atoms with Gasteiger partial charge < -0.3 is 10.2 Å². The van der Waals surface area contributed by atoms with E-state index in [0.717, 1.165) is 12.0 Å². The van der Waals surface area contributed by atoms with Crippen molar-refractivity contribution in [3.05, 3.63) is 0 Å². The first kappa shape index (κ1) is 11.0. The molecule has 1 aliphatic carbocycles. The Labute approximate surface area is 99.2 Å². The van der Waals surface area contributed by atoms with Gasteiger partial charge in [-0.2, -0.15) is 0 Å². The van der Waals surface area contributed by atoms with Crippen molar-refractivity contribution in [3.8, 4) is 0 Å². The first-order chi connectivity index (χ1) is 7.92. The summed E-state index contributed by atoms with van der Waals surface area (Å²) < 4.78 is 0. The van der Waals surface area contributed by atoms with E-state index in [4.69, 9.17) is 0 Å². The van der Waals surface area contributed by atoms with Gasteiger partial charge in [0.05, 0.1) is 0 Å². The third-order valence-electron chi connectivity index (χ3n) is 4.45. The minimum absolute atomic E-state index is 0.879. The molecule has 0 aromatic carbocycles. The predicted molar refractivity (Wildman–Crippen MR) is 66.6 cm³/mol. The van der Waals surface area contributed by atoms with Gasteiger partial charge in [-0.1, -0.05) is 0 Å². The highest BCUT2D eigenvalue weighted by Gasteiger charge is 2.28. The van der Waals surface area contributed by atoms with Crippen molar-refractivity contribution >= 4 is 0 Å². The Morgan fingerprint density at radius 1 is 0.875 bits per heavy atom. The zero-order valence-electron chi connectivity index (χ0n) is 10.3. The fraction of sp³-hybridized carbons (Fsp3) is 1.00. The van der Waals surface area contributed by atoms with Crippen LogP contribution < -0.4 is 5.32 Å². The molecule has 1 saturated carbocycles. The minimum Gasteiger partial charge on any atom is -0.317 e. The maximum atomic E-state index is 3.46. The molecule has 3 rings (SSSR count). The molecule has 16 heavy (non-hydrogen) atoms. The monoisotopic (exact) mass is 223 g/mol. The van der Waals surface area contributed by atoms with Crippen molar-refractivity contribution in [3.63, 3.8) is 0 Å². The van der Waals surface area contributed by atoms with Gasteiger partial charge in [-0.3, -0.25) is 4.90 Å². The molecule has 92 valence electrons. The molecule has 2 heterocycles. The second-order valence-corrected chi connectivity index (χ2v) is 5.76. The van der Waals surface area contributed by atoms with Gasteiger partial charge in [-0.05, 0) is 44.7 Å². The van der Waals surface area contributed by atoms with Crippen LogP contribution in [0, 0.1) is 5.92 Å². The summed E-state index contributed by atoms with van der Waals surface area (Å²) >= 11 is 0. The van der Waals surface area contributed by atoms with Crippen molar-refractivity contribution in [1.82, 2.24) is 15.1 Å². The molecule has 3 heteroatoms. The number of piperazine rings is 1. The third-order valence-corrected chi connectivity index (χ3v) is 4.45. The lowest BCUT2D eigenvalue weighted by Crippen LogP contribution is -2.52. The van der Waals surface area contributed by atoms with Gasteiger partial charge >= 0.3 is 0 Å². The van der Waals surface area contributed by atoms with Gasteiger partial charge in [0, 0.05) is 38.8 Å². The molecule has 0 unspecified atom stereocenters. The van der Waals surface area contributed by atoms with Crippen LogP contribution in [0.4, 0.5) is 0 Å². The Kier molecular flexibility index (Phi) is 3.46. The molecule has 3 fully saturated rings. The van der Waals surface area contributed by atoms with Crippen LogP contribution in [0.3, 0.4) is 0 Å². The van der Waals surface area contributed by atoms with Crippen molar-refractivity contribution in [2.75, 3.05) is 45.8 Å². The maximum absolute atomic E-state index is 3.46. The summed E-state index contributed by atoms with van der Waals surface area (Å²) in [6.07, 6.45) is 5.72. The van der Waals surface area contributed by atoms with Gasteiger partial charge in [-0.25, -0.2) is 0 Å². The molecule has 0 atom stereocenters. The third kappa shape index (κ3) is 2.76. The Hall–Kier alpha value is -0.120. The van der Waals surface area contributed by atoms with E-state index in [1.54, 1.807) is 0 Å². The Morgan fingerprint density at radius 2 is 1.56 bits per heavy atom. The molecule has 2 aliphatic heterocycles. The summed E-state index contributed by atoms with van der Waals surface area (Å²) in [4.78, 5) is 5.43. The van der Waals surface area contributed by atoms with Gasteiger partial charge in [0.2, 0.25) is 0 Å². The quantitative estimate of drug-likeness (QED) is 0.762. The van der Waals surface area contributed by atoms with Crippen LogP contribution >= 0.6 is 0 Å². The molecule has 1 N–H and O–H groups in total. The number of hydrogen-bond donors (Lipinski definition) is 1. The van der Waals surface area contributed by atoms with Gasteiger partial charge in [-0.15, -0.1) is 0 Å². The van der Waals surface area contributed by atoms with Crippen molar-refractivity contribution in [1.29, 1.82) is 0 Å². The summed E-state index contributed by atoms with van der Waals surface area (Å²) in [6.45, 7) is 9.12. The molecule has 0 aromatic heterocycles. The first-order valence-electron chi connectivity index (χ1n) is 7.09. The molecule has 3 nitrogen and oxygen atoms in total. The molecular weight excluding hydrogens is 198 g/mol. The van der Waals surface area contributed by atoms with Crippen LogP contribution in [0.1, 0.15) is 25.7 Å². The van der Waals surface area contributed by atoms with E-state index in [2.05, 4.69) is 15.1 Å². The number of piperidine rings is 1. The highest BCUT2D eigenvalue weighted by molar-refractivity contribution is 4.84. The van der Waals surface area contributed by atoms with Crippen LogP contribution in [0.15, 0.2) is 0 Å². The zero-order valence-corrected chi connectivity index (χ0v) is 10.3. The van der Waals surface area contributed by atoms with Crippen molar-refractivity contribution in [2.24, 2.45) is 5.92 Å². The van der Waals surface area contributed by atoms with Crippen LogP contribution in [0.2, 0.25) is 0 Å². The standard InChI is InChI=1S/C13H25N3/c1-2-12(1)11-15-7-9-16(10-8-15)13-3-5-14-6-4-13/h12-14H,1-11H2. The average molecular weight is 223 g/mol. The Bertz CT molecular complexity index is 213. The predicted octanol–water partition coefficient (Wildman–Crippen LogP) is 0.766. The van der Waals surface area contributed by atoms with E-state index >= 15 is 0 Å². The number of nitrogens with zero attached hydrogens (tertiary/aromatic N) is 2. The SMILES string of the molecule is C1CC(N2CCN(CC3CC3)CC2)CCN1. The molecule has 0 aromatic rings. The van der Waals surface area contributed by atoms with E-state index in [1.807, 2.05) is 0 Å². The average Bonchev–Trinajstić information content (AvgIpc) is 3.15. The highest BCUT2D eigenvalue weighted by Crippen LogP contribution is 2.30. The number of hydrogen-bond acceptors (Lipinski definition) is 3. The smallest absolute Gasteiger partial charge is 0.0120 e. The van der Waals surface area contributed by atoms with E-state index in [0.29, 0.717) is 0 Å². The van der Waals surface area contributed by atoms with E-state index < -0.39 is 0 Å². The Balaban J connectivity index is 1.42. The number of nitrogens with one attached hydrogen (secondary N) is 1. The lowest BCUT2D eigenvalue weighted by atomic mass is 10.0. The largest absolute Gasteiger partial charge is 0.317 e. The van der Waals surface area contributed by atoms with E-state index in [-0.39, 0.29) is 0 Å². The summed E-state index contributed by atoms with van der Waals surface area (Å²) in [5.74, 6) is 1.06. The molecule has 2 saturated heterocycles. The van der Waals surface area contributed by atoms with Gasteiger partial charge in [0.25, 0.3) is 0 Å². The van der Waals surface area contributed by atoms with Crippen LogP contribution in [0.25, 0.3) is 0 Å². The fourth-order valence-corrected chi connectivity index (χ4v) is 3.15. The van der Waals surface area contributed by atoms with E-state index in [1.165, 1.54) is 71.5 Å². The first-order valence-corrected chi connectivity index (χ1v) is 7.09. The van der Waals surface area contributed by atoms with Gasteiger partial charge in [0.1, 0.15) is 0 Å². The number of rotatable bonds is 3. The zero-order chi connectivity index (χ0) is 10.8. The molecular formula is C13H25N3. The van der Waals surface area contributed by atoms with Crippen LogP contribution in [-0.4, -0.2) is 61.7 Å². The lowest BCUT2D eigenvalue weighted by molar-refractivity contribution is 0.0797. The van der Waals surface area contributed by atoms with Crippen molar-refractivity contribution < 1.29 is 0 Å². The Morgan fingerprint density at radius 3 is 2.19 bits per heavy atom. The molecule has 0 bridgehead atoms. The molecule has 0 spiro atoms. The summed E-state index contributed by atoms with van der Waals surface area (Å²) in [5.41, 5.74) is 0.